The third-order valence-electron chi connectivity index (χ3n) is 7.71. The molecule has 4 rings (SSSR count). The summed E-state index contributed by atoms with van der Waals surface area (Å²) in [5.41, 5.74) is 1.44. The van der Waals surface area contributed by atoms with Crippen molar-refractivity contribution in [3.63, 3.8) is 0 Å². The molecule has 3 saturated heterocycles. The van der Waals surface area contributed by atoms with Crippen molar-refractivity contribution in [3.05, 3.63) is 29.3 Å². The van der Waals surface area contributed by atoms with Gasteiger partial charge in [0, 0.05) is 50.3 Å². The van der Waals surface area contributed by atoms with Crippen LogP contribution in [-0.2, 0) is 14.4 Å². The number of benzene rings is 1. The number of nitrogens with zero attached hydrogens (tertiary/aromatic N) is 3. The number of imide groups is 1. The van der Waals surface area contributed by atoms with Gasteiger partial charge in [0.25, 0.3) is 5.91 Å². The number of likely N-dealkylation sites (tertiary alicyclic amines) is 1. The molecule has 1 aromatic carbocycles. The van der Waals surface area contributed by atoms with Gasteiger partial charge >= 0.3 is 0 Å². The Labute approximate surface area is 205 Å². The minimum Gasteiger partial charge on any atom is -0.371 e. The van der Waals surface area contributed by atoms with Gasteiger partial charge in [-0.1, -0.05) is 0 Å². The van der Waals surface area contributed by atoms with Crippen molar-refractivity contribution in [1.29, 1.82) is 0 Å². The number of aldehydes is 2. The molecule has 3 heterocycles. The van der Waals surface area contributed by atoms with Crippen LogP contribution in [0.5, 0.6) is 0 Å². The maximum absolute atomic E-state index is 13.3. The average molecular weight is 483 g/mol. The van der Waals surface area contributed by atoms with Crippen LogP contribution in [0.2, 0.25) is 0 Å². The Balaban J connectivity index is 1.38. The molecule has 0 saturated carbocycles. The van der Waals surface area contributed by atoms with Crippen LogP contribution >= 0.6 is 0 Å². The summed E-state index contributed by atoms with van der Waals surface area (Å²) in [6.07, 6.45) is 6.20. The predicted octanol–water partition coefficient (Wildman–Crippen LogP) is 1.50. The maximum atomic E-state index is 13.3. The number of carbonyl (C=O) groups excluding carboxylic acids is 5. The van der Waals surface area contributed by atoms with E-state index in [0.717, 1.165) is 70.4 Å². The highest BCUT2D eigenvalue weighted by Crippen LogP contribution is 2.28. The molecule has 0 aromatic heterocycles. The van der Waals surface area contributed by atoms with Gasteiger partial charge in [0.2, 0.25) is 11.8 Å². The van der Waals surface area contributed by atoms with Crippen LogP contribution in [-0.4, -0.2) is 85.9 Å². The lowest BCUT2D eigenvalue weighted by Crippen LogP contribution is -2.53. The molecule has 3 aliphatic rings. The van der Waals surface area contributed by atoms with Crippen LogP contribution in [0.1, 0.15) is 59.2 Å². The van der Waals surface area contributed by atoms with E-state index in [1.54, 1.807) is 12.1 Å². The molecule has 9 nitrogen and oxygen atoms in total. The Kier molecular flexibility index (Phi) is 7.95. The molecule has 1 atom stereocenters. The van der Waals surface area contributed by atoms with Gasteiger partial charge in [-0.25, -0.2) is 0 Å². The van der Waals surface area contributed by atoms with Crippen LogP contribution in [0.4, 0.5) is 5.69 Å². The van der Waals surface area contributed by atoms with E-state index < -0.39 is 17.9 Å². The molecule has 3 amide bonds. The molecule has 0 spiro atoms. The number of nitrogens with one attached hydrogen (secondary N) is 1. The second kappa shape index (κ2) is 11.1. The van der Waals surface area contributed by atoms with Gasteiger partial charge in [0.05, 0.1) is 5.56 Å². The third kappa shape index (κ3) is 5.78. The fourth-order valence-electron chi connectivity index (χ4n) is 5.42. The summed E-state index contributed by atoms with van der Waals surface area (Å²) in [5.74, 6) is -0.409. The summed E-state index contributed by atoms with van der Waals surface area (Å²) >= 11 is 0. The Morgan fingerprint density at radius 3 is 2.40 bits per heavy atom. The van der Waals surface area contributed by atoms with E-state index in [1.807, 2.05) is 6.07 Å². The van der Waals surface area contributed by atoms with Crippen LogP contribution in [0.25, 0.3) is 0 Å². The number of carbonyl (C=O) groups is 5. The van der Waals surface area contributed by atoms with E-state index in [2.05, 4.69) is 15.1 Å². The molecule has 0 aliphatic carbocycles. The summed E-state index contributed by atoms with van der Waals surface area (Å²) in [5, 5.41) is 2.28. The summed E-state index contributed by atoms with van der Waals surface area (Å²) < 4.78 is 0. The van der Waals surface area contributed by atoms with Crippen molar-refractivity contribution in [1.82, 2.24) is 15.1 Å². The van der Waals surface area contributed by atoms with E-state index in [0.29, 0.717) is 12.2 Å². The zero-order chi connectivity index (χ0) is 24.9. The molecule has 1 unspecified atom stereocenters. The largest absolute Gasteiger partial charge is 0.371 e. The molecule has 1 aromatic rings. The Morgan fingerprint density at radius 2 is 1.77 bits per heavy atom. The minimum absolute atomic E-state index is 0.179. The number of hydrogen-bond acceptors (Lipinski definition) is 7. The van der Waals surface area contributed by atoms with Crippen molar-refractivity contribution >= 4 is 36.0 Å². The molecule has 0 bridgehead atoms. The SMILES string of the molecule is CN(C(=O)c1cc(N2CCC(CN3CCC(C=O)CC3)CC2)ccc1C=O)C1CCC(=O)NC1=O. The highest BCUT2D eigenvalue weighted by Gasteiger charge is 2.33. The topological polar surface area (TPSA) is 107 Å². The molecule has 3 fully saturated rings. The number of rotatable bonds is 7. The predicted molar refractivity (Wildman–Crippen MR) is 130 cm³/mol. The second-order valence-corrected chi connectivity index (χ2v) is 9.98. The van der Waals surface area contributed by atoms with Crippen LogP contribution in [0, 0.1) is 11.8 Å². The zero-order valence-corrected chi connectivity index (χ0v) is 20.3. The highest BCUT2D eigenvalue weighted by molar-refractivity contribution is 6.06. The first-order valence-electron chi connectivity index (χ1n) is 12.5. The molecule has 0 radical (unpaired) electrons. The minimum atomic E-state index is -0.740. The number of anilines is 1. The van der Waals surface area contributed by atoms with Gasteiger partial charge in [-0.3, -0.25) is 24.5 Å². The first-order valence-corrected chi connectivity index (χ1v) is 12.5. The van der Waals surface area contributed by atoms with E-state index in [-0.39, 0.29) is 35.8 Å². The molecular weight excluding hydrogens is 448 g/mol. The van der Waals surface area contributed by atoms with Crippen LogP contribution in [0.15, 0.2) is 18.2 Å². The Hall–Kier alpha value is -3.07. The van der Waals surface area contributed by atoms with Gasteiger partial charge in [-0.15, -0.1) is 0 Å². The molecule has 1 N–H and O–H groups in total. The normalized spacial score (nSPS) is 22.5. The number of amides is 3. The third-order valence-corrected chi connectivity index (χ3v) is 7.71. The molecular formula is C26H34N4O5. The number of hydrogen-bond donors (Lipinski definition) is 1. The number of likely N-dealkylation sites (N-methyl/N-ethyl adjacent to an activating group) is 1. The zero-order valence-electron chi connectivity index (χ0n) is 20.3. The Bertz CT molecular complexity index is 980. The first-order chi connectivity index (χ1) is 16.9. The first kappa shape index (κ1) is 25.0. The van der Waals surface area contributed by atoms with Gasteiger partial charge in [-0.05, 0) is 69.3 Å². The lowest BCUT2D eigenvalue weighted by molar-refractivity contribution is -0.136. The summed E-state index contributed by atoms with van der Waals surface area (Å²) in [7, 11) is 1.53. The van der Waals surface area contributed by atoms with Crippen molar-refractivity contribution in [3.8, 4) is 0 Å². The monoisotopic (exact) mass is 482 g/mol. The molecule has 9 heteroatoms. The molecule has 35 heavy (non-hydrogen) atoms. The summed E-state index contributed by atoms with van der Waals surface area (Å²) in [6.45, 7) is 4.77. The van der Waals surface area contributed by atoms with Gasteiger partial charge in [0.1, 0.15) is 12.3 Å². The fourth-order valence-corrected chi connectivity index (χ4v) is 5.42. The van der Waals surface area contributed by atoms with Gasteiger partial charge in [0.15, 0.2) is 6.29 Å². The second-order valence-electron chi connectivity index (χ2n) is 9.98. The summed E-state index contributed by atoms with van der Waals surface area (Å²) in [4.78, 5) is 65.6. The molecule has 188 valence electrons. The van der Waals surface area contributed by atoms with Crippen molar-refractivity contribution in [2.24, 2.45) is 11.8 Å². The maximum Gasteiger partial charge on any atom is 0.255 e. The number of piperidine rings is 3. The van der Waals surface area contributed by atoms with Gasteiger partial charge in [-0.2, -0.15) is 0 Å². The standard InChI is InChI=1S/C26H34N4O5/c1-28(23-4-5-24(33)27-25(23)34)26(35)22-14-21(3-2-20(22)17-32)30-12-8-18(9-13-30)15-29-10-6-19(16-31)7-11-29/h2-3,14,16-19,23H,4-13,15H2,1H3,(H,27,33,34). The van der Waals surface area contributed by atoms with Crippen molar-refractivity contribution in [2.75, 3.05) is 44.7 Å². The summed E-state index contributed by atoms with van der Waals surface area (Å²) in [6, 6.07) is 4.54. The fraction of sp³-hybridized carbons (Fsp3) is 0.577. The van der Waals surface area contributed by atoms with E-state index >= 15 is 0 Å². The van der Waals surface area contributed by atoms with Gasteiger partial charge < -0.3 is 19.5 Å². The van der Waals surface area contributed by atoms with Crippen LogP contribution < -0.4 is 10.2 Å². The molecule has 3 aliphatic heterocycles. The average Bonchev–Trinajstić information content (AvgIpc) is 2.88. The van der Waals surface area contributed by atoms with Crippen molar-refractivity contribution < 1.29 is 24.0 Å². The van der Waals surface area contributed by atoms with E-state index in [4.69, 9.17) is 0 Å². The smallest absolute Gasteiger partial charge is 0.255 e. The van der Waals surface area contributed by atoms with Crippen molar-refractivity contribution in [2.45, 2.75) is 44.6 Å². The van der Waals surface area contributed by atoms with Crippen LogP contribution in [0.3, 0.4) is 0 Å². The van der Waals surface area contributed by atoms with E-state index in [9.17, 15) is 24.0 Å². The quantitative estimate of drug-likeness (QED) is 0.464. The lowest BCUT2D eigenvalue weighted by Gasteiger charge is -2.38. The lowest BCUT2D eigenvalue weighted by atomic mass is 9.93. The van der Waals surface area contributed by atoms with E-state index in [1.165, 1.54) is 11.9 Å². The highest BCUT2D eigenvalue weighted by atomic mass is 16.2. The Morgan fingerprint density at radius 1 is 1.06 bits per heavy atom.